The highest BCUT2D eigenvalue weighted by Crippen LogP contribution is 2.26. The van der Waals surface area contributed by atoms with Crippen molar-refractivity contribution in [2.45, 2.75) is 25.3 Å². The number of nitrogens with zero attached hydrogens (tertiary/aromatic N) is 6. The van der Waals surface area contributed by atoms with E-state index in [0.29, 0.717) is 56.3 Å². The van der Waals surface area contributed by atoms with E-state index < -0.39 is 16.9 Å². The van der Waals surface area contributed by atoms with Gasteiger partial charge in [0.1, 0.15) is 5.82 Å². The van der Waals surface area contributed by atoms with Gasteiger partial charge >= 0.3 is 11.1 Å². The Labute approximate surface area is 182 Å². The van der Waals surface area contributed by atoms with Crippen LogP contribution < -0.4 is 16.0 Å². The maximum absolute atomic E-state index is 13.7. The van der Waals surface area contributed by atoms with Gasteiger partial charge in [0.2, 0.25) is 5.95 Å². The number of ether oxygens (including phenoxy) is 1. The van der Waals surface area contributed by atoms with Gasteiger partial charge in [0.25, 0.3) is 0 Å². The van der Waals surface area contributed by atoms with E-state index in [4.69, 9.17) is 4.74 Å². The fraction of sp³-hybridized carbons (Fsp3) is 0.409. The first kappa shape index (κ1) is 20.5. The summed E-state index contributed by atoms with van der Waals surface area (Å²) in [5.41, 5.74) is 1.50. The van der Waals surface area contributed by atoms with Crippen molar-refractivity contribution >= 4 is 22.7 Å². The molecule has 2 aliphatic rings. The maximum atomic E-state index is 13.7. The van der Waals surface area contributed by atoms with Crippen molar-refractivity contribution in [1.29, 1.82) is 0 Å². The summed E-state index contributed by atoms with van der Waals surface area (Å²) in [6.07, 6.45) is 8.89. The predicted octanol–water partition coefficient (Wildman–Crippen LogP) is 1.67. The fourth-order valence-corrected chi connectivity index (χ4v) is 4.41. The largest absolute Gasteiger partial charge is 0.377 e. The van der Waals surface area contributed by atoms with E-state index in [1.807, 2.05) is 12.4 Å². The molecule has 9 nitrogen and oxygen atoms in total. The van der Waals surface area contributed by atoms with Gasteiger partial charge in [-0.2, -0.15) is 0 Å². The Morgan fingerprint density at radius 2 is 1.81 bits per heavy atom. The standard InChI is InChI=1S/C22H23FN6O3/c1-27-18-10-16(23)13-24-19(18)29(21(31)20(27)30)17-2-6-28(7-3-17)22-25-11-15(12-26-22)14-4-8-32-9-5-14/h4,10-13,17H,2-3,5-9H2,1H3. The topological polar surface area (TPSA) is 95.1 Å². The van der Waals surface area contributed by atoms with Crippen molar-refractivity contribution < 1.29 is 9.13 Å². The predicted molar refractivity (Wildman–Crippen MR) is 117 cm³/mol. The molecule has 0 saturated carbocycles. The van der Waals surface area contributed by atoms with E-state index in [1.165, 1.54) is 23.3 Å². The molecular weight excluding hydrogens is 415 g/mol. The molecular formula is C22H23FN6O3. The Bertz CT molecular complexity index is 1310. The maximum Gasteiger partial charge on any atom is 0.318 e. The molecule has 0 spiro atoms. The first-order valence-electron chi connectivity index (χ1n) is 10.6. The molecule has 32 heavy (non-hydrogen) atoms. The molecule has 3 aromatic heterocycles. The van der Waals surface area contributed by atoms with Crippen molar-refractivity contribution in [3.63, 3.8) is 0 Å². The highest BCUT2D eigenvalue weighted by molar-refractivity contribution is 5.70. The number of rotatable bonds is 3. The van der Waals surface area contributed by atoms with Crippen LogP contribution in [0.3, 0.4) is 0 Å². The number of hydrogen-bond donors (Lipinski definition) is 0. The van der Waals surface area contributed by atoms with Gasteiger partial charge in [-0.25, -0.2) is 19.3 Å². The summed E-state index contributed by atoms with van der Waals surface area (Å²) >= 11 is 0. The van der Waals surface area contributed by atoms with Gasteiger partial charge < -0.3 is 14.2 Å². The zero-order valence-electron chi connectivity index (χ0n) is 17.7. The van der Waals surface area contributed by atoms with Gasteiger partial charge in [-0.1, -0.05) is 6.08 Å². The first-order valence-corrected chi connectivity index (χ1v) is 10.6. The Kier molecular flexibility index (Phi) is 5.30. The van der Waals surface area contributed by atoms with E-state index in [9.17, 15) is 14.0 Å². The third-order valence-electron chi connectivity index (χ3n) is 6.19. The number of anilines is 1. The number of fused-ring (bicyclic) bond motifs is 1. The van der Waals surface area contributed by atoms with Gasteiger partial charge in [-0.3, -0.25) is 14.2 Å². The van der Waals surface area contributed by atoms with Crippen LogP contribution in [-0.2, 0) is 11.8 Å². The number of halogens is 1. The third-order valence-corrected chi connectivity index (χ3v) is 6.19. The number of piperidine rings is 1. The summed E-state index contributed by atoms with van der Waals surface area (Å²) in [7, 11) is 1.46. The number of hydrogen-bond acceptors (Lipinski definition) is 7. The molecule has 0 amide bonds. The van der Waals surface area contributed by atoms with Crippen LogP contribution in [0.15, 0.2) is 40.3 Å². The highest BCUT2D eigenvalue weighted by atomic mass is 19.1. The molecule has 5 heterocycles. The summed E-state index contributed by atoms with van der Waals surface area (Å²) in [4.78, 5) is 40.5. The normalized spacial score (nSPS) is 17.6. The summed E-state index contributed by atoms with van der Waals surface area (Å²) in [6, 6.07) is 1.03. The lowest BCUT2D eigenvalue weighted by Crippen LogP contribution is -2.45. The Morgan fingerprint density at radius 3 is 2.50 bits per heavy atom. The fourth-order valence-electron chi connectivity index (χ4n) is 4.41. The molecule has 0 N–H and O–H groups in total. The lowest BCUT2D eigenvalue weighted by Gasteiger charge is -2.33. The van der Waals surface area contributed by atoms with Crippen molar-refractivity contribution in [2.75, 3.05) is 31.2 Å². The van der Waals surface area contributed by atoms with E-state index in [-0.39, 0.29) is 6.04 Å². The minimum atomic E-state index is -0.686. The molecule has 2 aliphatic heterocycles. The molecule has 3 aromatic rings. The third kappa shape index (κ3) is 3.60. The monoisotopic (exact) mass is 438 g/mol. The number of pyridine rings is 1. The quantitative estimate of drug-likeness (QED) is 0.574. The van der Waals surface area contributed by atoms with E-state index in [1.54, 1.807) is 0 Å². The molecule has 0 unspecified atom stereocenters. The number of aromatic nitrogens is 5. The molecule has 166 valence electrons. The van der Waals surface area contributed by atoms with Crippen molar-refractivity contribution in [3.05, 3.63) is 62.8 Å². The van der Waals surface area contributed by atoms with Crippen LogP contribution in [-0.4, -0.2) is 50.4 Å². The smallest absolute Gasteiger partial charge is 0.318 e. The van der Waals surface area contributed by atoms with Gasteiger partial charge in [0.05, 0.1) is 24.9 Å². The molecule has 0 atom stereocenters. The minimum Gasteiger partial charge on any atom is -0.377 e. The van der Waals surface area contributed by atoms with Crippen LogP contribution in [0.5, 0.6) is 0 Å². The van der Waals surface area contributed by atoms with Crippen molar-refractivity contribution in [2.24, 2.45) is 7.05 Å². The summed E-state index contributed by atoms with van der Waals surface area (Å²) < 4.78 is 21.6. The second-order valence-electron chi connectivity index (χ2n) is 8.08. The zero-order chi connectivity index (χ0) is 22.2. The highest BCUT2D eigenvalue weighted by Gasteiger charge is 2.26. The van der Waals surface area contributed by atoms with Gasteiger partial charge in [0.15, 0.2) is 5.65 Å². The summed E-state index contributed by atoms with van der Waals surface area (Å²) in [5, 5.41) is 0. The van der Waals surface area contributed by atoms with Crippen LogP contribution >= 0.6 is 0 Å². The van der Waals surface area contributed by atoms with Crippen LogP contribution in [0.25, 0.3) is 16.7 Å². The average molecular weight is 438 g/mol. The molecule has 0 bridgehead atoms. The van der Waals surface area contributed by atoms with Crippen molar-refractivity contribution in [3.8, 4) is 0 Å². The minimum absolute atomic E-state index is 0.209. The zero-order valence-corrected chi connectivity index (χ0v) is 17.7. The lowest BCUT2D eigenvalue weighted by molar-refractivity contribution is 0.161. The van der Waals surface area contributed by atoms with Crippen LogP contribution in [0, 0.1) is 5.82 Å². The Balaban J connectivity index is 1.37. The van der Waals surface area contributed by atoms with Crippen LogP contribution in [0.2, 0.25) is 0 Å². The Morgan fingerprint density at radius 1 is 1.06 bits per heavy atom. The second kappa shape index (κ2) is 8.27. The summed E-state index contributed by atoms with van der Waals surface area (Å²) in [6.45, 7) is 2.58. The van der Waals surface area contributed by atoms with Crippen molar-refractivity contribution in [1.82, 2.24) is 24.1 Å². The van der Waals surface area contributed by atoms with E-state index in [2.05, 4.69) is 25.9 Å². The van der Waals surface area contributed by atoms with Gasteiger partial charge in [-0.15, -0.1) is 0 Å². The van der Waals surface area contributed by atoms with Crippen LogP contribution in [0.4, 0.5) is 10.3 Å². The number of aryl methyl sites for hydroxylation is 1. The van der Waals surface area contributed by atoms with Crippen LogP contribution in [0.1, 0.15) is 30.9 Å². The molecule has 0 aromatic carbocycles. The summed E-state index contributed by atoms with van der Waals surface area (Å²) in [5.74, 6) is 0.0888. The Hall–Kier alpha value is -3.40. The SMILES string of the molecule is Cn1c(=O)c(=O)n(C2CCN(c3ncc(C4=CCOCC4)cn3)CC2)c2ncc(F)cc21. The van der Waals surface area contributed by atoms with Gasteiger partial charge in [0, 0.05) is 50.2 Å². The average Bonchev–Trinajstić information content (AvgIpc) is 2.84. The molecule has 0 aliphatic carbocycles. The molecule has 1 saturated heterocycles. The first-order chi connectivity index (χ1) is 15.5. The lowest BCUT2D eigenvalue weighted by atomic mass is 10.0. The van der Waals surface area contributed by atoms with Gasteiger partial charge in [-0.05, 0) is 24.8 Å². The second-order valence-corrected chi connectivity index (χ2v) is 8.08. The molecule has 0 radical (unpaired) electrons. The van der Waals surface area contributed by atoms with E-state index in [0.717, 1.165) is 22.7 Å². The molecule has 5 rings (SSSR count). The molecule has 1 fully saturated rings. The molecule has 10 heteroatoms. The van der Waals surface area contributed by atoms with E-state index >= 15 is 0 Å².